The van der Waals surface area contributed by atoms with Gasteiger partial charge in [0.15, 0.2) is 0 Å². The van der Waals surface area contributed by atoms with Gasteiger partial charge in [-0.05, 0) is 56.3 Å². The molecule has 6 heteroatoms. The standard InChI is InChI=1S/C25H27FN2O3/c1-25(2)20(17-7-5-16(6-8-17)15-28(3)11-12-30-4)14-22(31-25)23-19-10-9-18(26)13-21(19)27-24(23)29/h5-10,13-14H,11-12,15H2,1-4H3,(H,27,29)/b23-22+. The highest BCUT2D eigenvalue weighted by molar-refractivity contribution is 6.32. The molecule has 4 rings (SSSR count). The monoisotopic (exact) mass is 422 g/mol. The molecule has 2 aromatic rings. The lowest BCUT2D eigenvalue weighted by atomic mass is 9.91. The fourth-order valence-corrected chi connectivity index (χ4v) is 4.04. The summed E-state index contributed by atoms with van der Waals surface area (Å²) < 4.78 is 24.9. The molecule has 0 aromatic heterocycles. The number of benzene rings is 2. The number of carbonyl (C=O) groups excluding carboxylic acids is 1. The van der Waals surface area contributed by atoms with Crippen LogP contribution in [0.3, 0.4) is 0 Å². The first-order valence-electron chi connectivity index (χ1n) is 10.3. The predicted octanol–water partition coefficient (Wildman–Crippen LogP) is 4.46. The van der Waals surface area contributed by atoms with Crippen molar-refractivity contribution in [1.29, 1.82) is 0 Å². The molecule has 0 saturated heterocycles. The van der Waals surface area contributed by atoms with Gasteiger partial charge in [-0.25, -0.2) is 4.39 Å². The Morgan fingerprint density at radius 3 is 2.61 bits per heavy atom. The summed E-state index contributed by atoms with van der Waals surface area (Å²) in [6, 6.07) is 12.7. The summed E-state index contributed by atoms with van der Waals surface area (Å²) in [7, 11) is 3.77. The second kappa shape index (κ2) is 8.29. The van der Waals surface area contributed by atoms with E-state index >= 15 is 0 Å². The first-order valence-corrected chi connectivity index (χ1v) is 10.3. The number of nitrogens with zero attached hydrogens (tertiary/aromatic N) is 1. The number of rotatable bonds is 6. The molecule has 5 nitrogen and oxygen atoms in total. The second-order valence-corrected chi connectivity index (χ2v) is 8.48. The first-order chi connectivity index (χ1) is 14.8. The smallest absolute Gasteiger partial charge is 0.260 e. The number of ether oxygens (including phenoxy) is 2. The number of carbonyl (C=O) groups is 1. The number of anilines is 1. The number of methoxy groups -OCH3 is 1. The summed E-state index contributed by atoms with van der Waals surface area (Å²) in [4.78, 5) is 14.8. The third-order valence-electron chi connectivity index (χ3n) is 5.66. The number of nitrogens with one attached hydrogen (secondary N) is 1. The van der Waals surface area contributed by atoms with Crippen molar-refractivity contribution in [1.82, 2.24) is 4.90 Å². The summed E-state index contributed by atoms with van der Waals surface area (Å²) in [5.74, 6) is -0.160. The maximum Gasteiger partial charge on any atom is 0.260 e. The van der Waals surface area contributed by atoms with Crippen LogP contribution in [-0.4, -0.2) is 43.7 Å². The van der Waals surface area contributed by atoms with Crippen LogP contribution in [0.25, 0.3) is 11.1 Å². The average Bonchev–Trinajstić information content (AvgIpc) is 3.21. The van der Waals surface area contributed by atoms with Gasteiger partial charge in [0.1, 0.15) is 17.2 Å². The Morgan fingerprint density at radius 1 is 1.16 bits per heavy atom. The van der Waals surface area contributed by atoms with Crippen LogP contribution in [0, 0.1) is 5.82 Å². The van der Waals surface area contributed by atoms with Crippen LogP contribution in [0.15, 0.2) is 54.3 Å². The van der Waals surface area contributed by atoms with Gasteiger partial charge in [0.05, 0.1) is 17.9 Å². The molecule has 0 spiro atoms. The van der Waals surface area contributed by atoms with Gasteiger partial charge in [0.25, 0.3) is 5.91 Å². The topological polar surface area (TPSA) is 50.8 Å². The predicted molar refractivity (Wildman–Crippen MR) is 120 cm³/mol. The third-order valence-corrected chi connectivity index (χ3v) is 5.66. The van der Waals surface area contributed by atoms with E-state index in [0.717, 1.165) is 24.2 Å². The van der Waals surface area contributed by atoms with E-state index in [1.807, 2.05) is 19.9 Å². The number of amides is 1. The number of fused-ring (bicyclic) bond motifs is 1. The molecule has 31 heavy (non-hydrogen) atoms. The van der Waals surface area contributed by atoms with E-state index in [0.29, 0.717) is 29.2 Å². The zero-order valence-electron chi connectivity index (χ0n) is 18.3. The van der Waals surface area contributed by atoms with Gasteiger partial charge in [0.2, 0.25) is 0 Å². The van der Waals surface area contributed by atoms with Gasteiger partial charge in [-0.1, -0.05) is 24.3 Å². The highest BCUT2D eigenvalue weighted by Gasteiger charge is 2.38. The van der Waals surface area contributed by atoms with Crippen LogP contribution in [0.4, 0.5) is 10.1 Å². The van der Waals surface area contributed by atoms with E-state index < -0.39 is 5.60 Å². The van der Waals surface area contributed by atoms with Gasteiger partial charge in [-0.3, -0.25) is 9.69 Å². The van der Waals surface area contributed by atoms with Gasteiger partial charge in [0, 0.05) is 31.3 Å². The molecule has 0 fully saturated rings. The van der Waals surface area contributed by atoms with Crippen molar-refractivity contribution in [3.63, 3.8) is 0 Å². The summed E-state index contributed by atoms with van der Waals surface area (Å²) >= 11 is 0. The minimum absolute atomic E-state index is 0.279. The number of halogens is 1. The second-order valence-electron chi connectivity index (χ2n) is 8.48. The van der Waals surface area contributed by atoms with Crippen LogP contribution < -0.4 is 5.32 Å². The molecule has 162 valence electrons. The third kappa shape index (κ3) is 4.27. The molecule has 0 atom stereocenters. The lowest BCUT2D eigenvalue weighted by molar-refractivity contribution is -0.111. The Balaban J connectivity index is 1.63. The SMILES string of the molecule is COCCN(C)Cc1ccc(C2=C/C(=C3\C(=O)Nc4cc(F)ccc43)OC2(C)C)cc1. The van der Waals surface area contributed by atoms with E-state index in [1.54, 1.807) is 13.2 Å². The molecule has 2 heterocycles. The summed E-state index contributed by atoms with van der Waals surface area (Å²) in [6.45, 7) is 6.38. The molecule has 1 N–H and O–H groups in total. The van der Waals surface area contributed by atoms with Crippen molar-refractivity contribution in [3.8, 4) is 0 Å². The molecule has 2 aromatic carbocycles. The fourth-order valence-electron chi connectivity index (χ4n) is 4.04. The molecule has 1 amide bonds. The molecule has 0 aliphatic carbocycles. The Bertz CT molecular complexity index is 1070. The van der Waals surface area contributed by atoms with Crippen LogP contribution in [0.2, 0.25) is 0 Å². The maximum absolute atomic E-state index is 13.6. The summed E-state index contributed by atoms with van der Waals surface area (Å²) in [5, 5.41) is 2.73. The quantitative estimate of drug-likeness (QED) is 0.699. The highest BCUT2D eigenvalue weighted by Crippen LogP contribution is 2.44. The van der Waals surface area contributed by atoms with E-state index in [2.05, 4.69) is 41.5 Å². The summed E-state index contributed by atoms with van der Waals surface area (Å²) in [6.07, 6.45) is 1.92. The van der Waals surface area contributed by atoms with Crippen LogP contribution >= 0.6 is 0 Å². The number of hydrogen-bond acceptors (Lipinski definition) is 4. The van der Waals surface area contributed by atoms with Crippen molar-refractivity contribution in [2.24, 2.45) is 0 Å². The van der Waals surface area contributed by atoms with Crippen LogP contribution in [-0.2, 0) is 20.8 Å². The Hall–Kier alpha value is -2.96. The molecule has 0 saturated carbocycles. The van der Waals surface area contributed by atoms with Crippen LogP contribution in [0.5, 0.6) is 0 Å². The highest BCUT2D eigenvalue weighted by atomic mass is 19.1. The molecular formula is C25H27FN2O3. The molecule has 2 aliphatic heterocycles. The normalized spacial score (nSPS) is 19.3. The van der Waals surface area contributed by atoms with Crippen molar-refractivity contribution in [2.75, 3.05) is 32.6 Å². The van der Waals surface area contributed by atoms with Crippen molar-refractivity contribution in [2.45, 2.75) is 26.0 Å². The van der Waals surface area contributed by atoms with Gasteiger partial charge < -0.3 is 14.8 Å². The largest absolute Gasteiger partial charge is 0.482 e. The lowest BCUT2D eigenvalue weighted by Crippen LogP contribution is -2.22. The van der Waals surface area contributed by atoms with Crippen LogP contribution in [0.1, 0.15) is 30.5 Å². The molecular weight excluding hydrogens is 395 g/mol. The van der Waals surface area contributed by atoms with Crippen molar-refractivity contribution < 1.29 is 18.7 Å². The van der Waals surface area contributed by atoms with E-state index in [-0.39, 0.29) is 11.7 Å². The Labute approximate surface area is 182 Å². The zero-order valence-corrected chi connectivity index (χ0v) is 18.3. The molecule has 0 bridgehead atoms. The average molecular weight is 423 g/mol. The minimum Gasteiger partial charge on any atom is -0.482 e. The molecule has 0 radical (unpaired) electrons. The number of likely N-dealkylation sites (N-methyl/N-ethyl adjacent to an activating group) is 1. The molecule has 2 aliphatic rings. The van der Waals surface area contributed by atoms with E-state index in [1.165, 1.54) is 17.7 Å². The number of allylic oxidation sites excluding steroid dienone is 1. The van der Waals surface area contributed by atoms with E-state index in [4.69, 9.17) is 9.47 Å². The fraction of sp³-hybridized carbons (Fsp3) is 0.320. The maximum atomic E-state index is 13.6. The minimum atomic E-state index is -0.595. The first kappa shape index (κ1) is 21.3. The van der Waals surface area contributed by atoms with Gasteiger partial charge in [-0.15, -0.1) is 0 Å². The molecule has 0 unspecified atom stereocenters. The lowest BCUT2D eigenvalue weighted by Gasteiger charge is -2.24. The zero-order chi connectivity index (χ0) is 22.2. The number of hydrogen-bond donors (Lipinski definition) is 1. The van der Waals surface area contributed by atoms with Crippen molar-refractivity contribution >= 4 is 22.7 Å². The Morgan fingerprint density at radius 2 is 1.90 bits per heavy atom. The van der Waals surface area contributed by atoms with Crippen molar-refractivity contribution in [3.05, 3.63) is 76.8 Å². The van der Waals surface area contributed by atoms with Gasteiger partial charge >= 0.3 is 0 Å². The summed E-state index contributed by atoms with van der Waals surface area (Å²) in [5.41, 5.74) is 4.22. The van der Waals surface area contributed by atoms with E-state index in [9.17, 15) is 9.18 Å². The van der Waals surface area contributed by atoms with Gasteiger partial charge in [-0.2, -0.15) is 0 Å². The Kier molecular flexibility index (Phi) is 5.69.